The third-order valence-corrected chi connectivity index (χ3v) is 4.64. The van der Waals surface area contributed by atoms with E-state index < -0.39 is 6.10 Å². The molecule has 0 bridgehead atoms. The maximum atomic E-state index is 12.6. The molecule has 1 saturated heterocycles. The number of benzene rings is 1. The number of nitrogens with zero attached hydrogens (tertiary/aromatic N) is 3. The van der Waals surface area contributed by atoms with Gasteiger partial charge in [0.2, 0.25) is 12.7 Å². The number of hydrogen-bond donors (Lipinski definition) is 1. The average Bonchev–Trinajstić information content (AvgIpc) is 3.22. The molecule has 0 radical (unpaired) electrons. The lowest BCUT2D eigenvalue weighted by Gasteiger charge is -2.16. The van der Waals surface area contributed by atoms with Crippen LogP contribution in [0.25, 0.3) is 0 Å². The van der Waals surface area contributed by atoms with Crippen molar-refractivity contribution in [1.29, 1.82) is 0 Å². The van der Waals surface area contributed by atoms with Crippen LogP contribution in [0.2, 0.25) is 0 Å². The number of rotatable bonds is 4. The van der Waals surface area contributed by atoms with Crippen molar-refractivity contribution < 1.29 is 19.4 Å². The molecular weight excluding hydrogens is 322 g/mol. The summed E-state index contributed by atoms with van der Waals surface area (Å²) in [4.78, 5) is 22.6. The molecule has 7 nitrogen and oxygen atoms in total. The molecule has 0 unspecified atom stereocenters. The fourth-order valence-electron chi connectivity index (χ4n) is 3.30. The predicted molar refractivity (Wildman–Crippen MR) is 88.1 cm³/mol. The molecule has 1 N–H and O–H groups in total. The second-order valence-corrected chi connectivity index (χ2v) is 6.39. The minimum Gasteiger partial charge on any atom is -0.454 e. The number of β-amino-alcohol motifs (C(OH)–C–C–N with tert-alkyl or cyclic N) is 1. The summed E-state index contributed by atoms with van der Waals surface area (Å²) in [7, 11) is 0. The number of aliphatic hydroxyl groups excluding tert-OH is 1. The Bertz CT molecular complexity index is 768. The van der Waals surface area contributed by atoms with Gasteiger partial charge in [0.1, 0.15) is 0 Å². The van der Waals surface area contributed by atoms with Crippen LogP contribution in [-0.2, 0) is 17.6 Å². The van der Waals surface area contributed by atoms with E-state index in [0.29, 0.717) is 31.0 Å². The third-order valence-electron chi connectivity index (χ3n) is 4.64. The Morgan fingerprint density at radius 3 is 2.96 bits per heavy atom. The molecule has 0 saturated carbocycles. The number of aromatic nitrogens is 2. The Hall–Kier alpha value is -2.67. The smallest absolute Gasteiger partial charge is 0.231 e. The molecule has 1 aromatic carbocycles. The fourth-order valence-corrected chi connectivity index (χ4v) is 3.30. The van der Waals surface area contributed by atoms with Gasteiger partial charge >= 0.3 is 0 Å². The highest BCUT2D eigenvalue weighted by Gasteiger charge is 2.34. The first-order chi connectivity index (χ1) is 12.2. The van der Waals surface area contributed by atoms with Crippen molar-refractivity contribution >= 4 is 5.91 Å². The lowest BCUT2D eigenvalue weighted by Crippen LogP contribution is -2.31. The quantitative estimate of drug-likeness (QED) is 0.886. The molecule has 2 aliphatic rings. The number of aliphatic hydroxyl groups is 1. The second kappa shape index (κ2) is 6.68. The summed E-state index contributed by atoms with van der Waals surface area (Å²) in [6, 6.07) is 5.53. The normalized spacial score (nSPS) is 21.6. The van der Waals surface area contributed by atoms with Gasteiger partial charge in [-0.1, -0.05) is 6.07 Å². The topological polar surface area (TPSA) is 84.8 Å². The number of hydrogen-bond acceptors (Lipinski definition) is 6. The van der Waals surface area contributed by atoms with Crippen molar-refractivity contribution in [2.75, 3.05) is 19.9 Å². The van der Waals surface area contributed by atoms with Crippen molar-refractivity contribution in [1.82, 2.24) is 14.9 Å². The van der Waals surface area contributed by atoms with Crippen molar-refractivity contribution in [3.8, 4) is 11.5 Å². The Balaban J connectivity index is 1.38. The molecule has 4 rings (SSSR count). The molecule has 0 aliphatic carbocycles. The van der Waals surface area contributed by atoms with Gasteiger partial charge in [-0.2, -0.15) is 0 Å². The van der Waals surface area contributed by atoms with Crippen LogP contribution < -0.4 is 9.47 Å². The van der Waals surface area contributed by atoms with Crippen LogP contribution in [-0.4, -0.2) is 51.9 Å². The summed E-state index contributed by atoms with van der Waals surface area (Å²) in [6.07, 6.45) is 5.31. The van der Waals surface area contributed by atoms with E-state index in [4.69, 9.17) is 9.47 Å². The molecule has 1 amide bonds. The first-order valence-electron chi connectivity index (χ1n) is 8.28. The molecule has 7 heteroatoms. The van der Waals surface area contributed by atoms with Crippen molar-refractivity contribution in [3.05, 3.63) is 48.0 Å². The van der Waals surface area contributed by atoms with Gasteiger partial charge in [0, 0.05) is 37.6 Å². The monoisotopic (exact) mass is 341 g/mol. The highest BCUT2D eigenvalue weighted by molar-refractivity contribution is 5.79. The van der Waals surface area contributed by atoms with Crippen LogP contribution in [0, 0.1) is 5.92 Å². The first-order valence-corrected chi connectivity index (χ1v) is 8.28. The standard InChI is InChI=1S/C18H19N3O4/c22-15-10-21(9-13(15)7-14-8-19-3-4-20-14)18(23)6-12-1-2-16-17(5-12)25-11-24-16/h1-5,8,13,15,22H,6-7,9-11H2/t13-,15-/m1/s1. The first kappa shape index (κ1) is 15.8. The molecule has 2 atom stereocenters. The molecule has 3 heterocycles. The number of amides is 1. The van der Waals surface area contributed by atoms with Crippen LogP contribution in [0.5, 0.6) is 11.5 Å². The minimum absolute atomic E-state index is 0.000406. The zero-order valence-electron chi connectivity index (χ0n) is 13.7. The zero-order valence-corrected chi connectivity index (χ0v) is 13.7. The summed E-state index contributed by atoms with van der Waals surface area (Å²) >= 11 is 0. The second-order valence-electron chi connectivity index (χ2n) is 6.39. The van der Waals surface area contributed by atoms with E-state index in [1.54, 1.807) is 23.5 Å². The molecule has 2 aromatic rings. The van der Waals surface area contributed by atoms with Crippen molar-refractivity contribution in [3.63, 3.8) is 0 Å². The van der Waals surface area contributed by atoms with Crippen molar-refractivity contribution in [2.24, 2.45) is 5.92 Å². The fraction of sp³-hybridized carbons (Fsp3) is 0.389. The third kappa shape index (κ3) is 3.41. The van der Waals surface area contributed by atoms with E-state index >= 15 is 0 Å². The van der Waals surface area contributed by atoms with E-state index in [1.165, 1.54) is 0 Å². The highest BCUT2D eigenvalue weighted by atomic mass is 16.7. The molecule has 25 heavy (non-hydrogen) atoms. The predicted octanol–water partition coefficient (Wildman–Crippen LogP) is 0.810. The van der Waals surface area contributed by atoms with Gasteiger partial charge in [-0.05, 0) is 24.1 Å². The van der Waals surface area contributed by atoms with E-state index in [1.807, 2.05) is 18.2 Å². The van der Waals surface area contributed by atoms with Crippen LogP contribution in [0.3, 0.4) is 0 Å². The van der Waals surface area contributed by atoms with Crippen LogP contribution in [0.4, 0.5) is 0 Å². The molecule has 130 valence electrons. The largest absolute Gasteiger partial charge is 0.454 e. The summed E-state index contributed by atoms with van der Waals surface area (Å²) in [5.74, 6) is 1.36. The maximum absolute atomic E-state index is 12.6. The highest BCUT2D eigenvalue weighted by Crippen LogP contribution is 2.33. The Morgan fingerprint density at radius 2 is 2.12 bits per heavy atom. The molecule has 2 aliphatic heterocycles. The van der Waals surface area contributed by atoms with Crippen molar-refractivity contribution in [2.45, 2.75) is 18.9 Å². The average molecular weight is 341 g/mol. The SMILES string of the molecule is O=C(Cc1ccc2c(c1)OCO2)N1C[C@@H](Cc2cnccn2)[C@H](O)C1. The van der Waals surface area contributed by atoms with Crippen LogP contribution in [0.15, 0.2) is 36.8 Å². The number of ether oxygens (including phenoxy) is 2. The van der Waals surface area contributed by atoms with Gasteiger partial charge in [-0.15, -0.1) is 0 Å². The molecule has 1 aromatic heterocycles. The number of carbonyl (C=O) groups excluding carboxylic acids is 1. The minimum atomic E-state index is -0.539. The van der Waals surface area contributed by atoms with Gasteiger partial charge in [0.15, 0.2) is 11.5 Å². The summed E-state index contributed by atoms with van der Waals surface area (Å²) < 4.78 is 10.6. The summed E-state index contributed by atoms with van der Waals surface area (Å²) in [5.41, 5.74) is 1.71. The van der Waals surface area contributed by atoms with E-state index in [9.17, 15) is 9.90 Å². The molecule has 0 spiro atoms. The lowest BCUT2D eigenvalue weighted by molar-refractivity contribution is -0.129. The Labute approximate surface area is 145 Å². The Kier molecular flexibility index (Phi) is 4.23. The van der Waals surface area contributed by atoms with Gasteiger partial charge in [0.25, 0.3) is 0 Å². The molecule has 1 fully saturated rings. The lowest BCUT2D eigenvalue weighted by atomic mass is 10.0. The zero-order chi connectivity index (χ0) is 17.2. The van der Waals surface area contributed by atoms with Crippen LogP contribution in [0.1, 0.15) is 11.3 Å². The van der Waals surface area contributed by atoms with Gasteiger partial charge < -0.3 is 19.5 Å². The summed E-state index contributed by atoms with van der Waals surface area (Å²) in [6.45, 7) is 1.10. The van der Waals surface area contributed by atoms with E-state index in [2.05, 4.69) is 9.97 Å². The number of fused-ring (bicyclic) bond motifs is 1. The van der Waals surface area contributed by atoms with Gasteiger partial charge in [0.05, 0.1) is 18.2 Å². The van der Waals surface area contributed by atoms with Gasteiger partial charge in [-0.3, -0.25) is 14.8 Å². The maximum Gasteiger partial charge on any atom is 0.231 e. The number of likely N-dealkylation sites (tertiary alicyclic amines) is 1. The molecular formula is C18H19N3O4. The Morgan fingerprint density at radius 1 is 1.24 bits per heavy atom. The van der Waals surface area contributed by atoms with Gasteiger partial charge in [-0.25, -0.2) is 0 Å². The summed E-state index contributed by atoms with van der Waals surface area (Å²) in [5, 5.41) is 10.3. The van der Waals surface area contributed by atoms with E-state index in [-0.39, 0.29) is 25.0 Å². The van der Waals surface area contributed by atoms with Crippen LogP contribution >= 0.6 is 0 Å². The van der Waals surface area contributed by atoms with E-state index in [0.717, 1.165) is 11.3 Å². The number of carbonyl (C=O) groups is 1.